The Bertz CT molecular complexity index is 634. The predicted octanol–water partition coefficient (Wildman–Crippen LogP) is 4.47. The Kier molecular flexibility index (Phi) is 3.75. The molecule has 0 saturated heterocycles. The molecule has 1 N–H and O–H groups in total. The summed E-state index contributed by atoms with van der Waals surface area (Å²) in [5.41, 5.74) is 4.11. The van der Waals surface area contributed by atoms with Gasteiger partial charge in [0.05, 0.1) is 0 Å². The van der Waals surface area contributed by atoms with Crippen LogP contribution in [0.4, 0.5) is 5.69 Å². The van der Waals surface area contributed by atoms with Gasteiger partial charge in [0.25, 0.3) is 5.91 Å². The van der Waals surface area contributed by atoms with Crippen LogP contribution < -0.4 is 5.32 Å². The summed E-state index contributed by atoms with van der Waals surface area (Å²) in [6.07, 6.45) is 4.46. The SMILES string of the molecule is O=C(Nc1ccc(Cl)cc1)c1cccc2c1CCCC2. The number of carbonyl (C=O) groups excluding carboxylic acids is 1. The molecule has 2 aromatic carbocycles. The lowest BCUT2D eigenvalue weighted by Crippen LogP contribution is -2.17. The lowest BCUT2D eigenvalue weighted by Gasteiger charge is -2.18. The fourth-order valence-electron chi connectivity index (χ4n) is 2.73. The highest BCUT2D eigenvalue weighted by Crippen LogP contribution is 2.25. The summed E-state index contributed by atoms with van der Waals surface area (Å²) in [5.74, 6) is -0.0360. The zero-order chi connectivity index (χ0) is 13.9. The van der Waals surface area contributed by atoms with Gasteiger partial charge >= 0.3 is 0 Å². The lowest BCUT2D eigenvalue weighted by molar-refractivity contribution is 0.102. The Hall–Kier alpha value is -1.80. The van der Waals surface area contributed by atoms with Crippen LogP contribution in [0.5, 0.6) is 0 Å². The molecule has 0 fully saturated rings. The number of rotatable bonds is 2. The van der Waals surface area contributed by atoms with E-state index in [0.717, 1.165) is 30.5 Å². The first-order valence-corrected chi connectivity index (χ1v) is 7.29. The number of fused-ring (bicyclic) bond motifs is 1. The van der Waals surface area contributed by atoms with Crippen molar-refractivity contribution in [3.8, 4) is 0 Å². The van der Waals surface area contributed by atoms with Crippen LogP contribution in [0.1, 0.15) is 34.3 Å². The fraction of sp³-hybridized carbons (Fsp3) is 0.235. The number of benzene rings is 2. The van der Waals surface area contributed by atoms with Gasteiger partial charge in [0.15, 0.2) is 0 Å². The molecule has 3 heteroatoms. The van der Waals surface area contributed by atoms with Crippen molar-refractivity contribution in [1.82, 2.24) is 0 Å². The van der Waals surface area contributed by atoms with Crippen molar-refractivity contribution in [3.05, 3.63) is 64.2 Å². The van der Waals surface area contributed by atoms with Gasteiger partial charge in [-0.25, -0.2) is 0 Å². The maximum absolute atomic E-state index is 12.4. The third-order valence-electron chi connectivity index (χ3n) is 3.74. The second kappa shape index (κ2) is 5.68. The summed E-state index contributed by atoms with van der Waals surface area (Å²) < 4.78 is 0. The summed E-state index contributed by atoms with van der Waals surface area (Å²) in [6.45, 7) is 0. The van der Waals surface area contributed by atoms with Crippen molar-refractivity contribution >= 4 is 23.2 Å². The van der Waals surface area contributed by atoms with Crippen LogP contribution in [0.3, 0.4) is 0 Å². The fourth-order valence-corrected chi connectivity index (χ4v) is 2.85. The number of amides is 1. The van der Waals surface area contributed by atoms with Crippen LogP contribution in [0.15, 0.2) is 42.5 Å². The van der Waals surface area contributed by atoms with E-state index in [0.29, 0.717) is 5.02 Å². The molecule has 0 unspecified atom stereocenters. The lowest BCUT2D eigenvalue weighted by atomic mass is 9.88. The van der Waals surface area contributed by atoms with Gasteiger partial charge in [0.2, 0.25) is 0 Å². The molecule has 3 rings (SSSR count). The Morgan fingerprint density at radius 3 is 2.55 bits per heavy atom. The first-order valence-electron chi connectivity index (χ1n) is 6.92. The number of nitrogens with one attached hydrogen (secondary N) is 1. The Balaban J connectivity index is 1.85. The summed E-state index contributed by atoms with van der Waals surface area (Å²) in [5, 5.41) is 3.60. The monoisotopic (exact) mass is 285 g/mol. The van der Waals surface area contributed by atoms with Crippen molar-refractivity contribution in [2.24, 2.45) is 0 Å². The van der Waals surface area contributed by atoms with Crippen LogP contribution in [-0.4, -0.2) is 5.91 Å². The van der Waals surface area contributed by atoms with Crippen molar-refractivity contribution in [3.63, 3.8) is 0 Å². The van der Waals surface area contributed by atoms with Crippen LogP contribution in [-0.2, 0) is 12.8 Å². The molecule has 2 aromatic rings. The van der Waals surface area contributed by atoms with Crippen LogP contribution in [0.2, 0.25) is 5.02 Å². The average Bonchev–Trinajstić information content (AvgIpc) is 2.49. The molecule has 20 heavy (non-hydrogen) atoms. The van der Waals surface area contributed by atoms with Gasteiger partial charge in [-0.05, 0) is 67.1 Å². The van der Waals surface area contributed by atoms with Crippen molar-refractivity contribution < 1.29 is 4.79 Å². The van der Waals surface area contributed by atoms with Crippen molar-refractivity contribution in [2.45, 2.75) is 25.7 Å². The second-order valence-electron chi connectivity index (χ2n) is 5.11. The molecule has 0 spiro atoms. The van der Waals surface area contributed by atoms with Gasteiger partial charge < -0.3 is 5.32 Å². The van der Waals surface area contributed by atoms with Gasteiger partial charge in [-0.3, -0.25) is 4.79 Å². The molecule has 0 aromatic heterocycles. The second-order valence-corrected chi connectivity index (χ2v) is 5.55. The maximum atomic E-state index is 12.4. The highest BCUT2D eigenvalue weighted by atomic mass is 35.5. The first kappa shape index (κ1) is 13.2. The van der Waals surface area contributed by atoms with Crippen molar-refractivity contribution in [2.75, 3.05) is 5.32 Å². The molecule has 1 aliphatic rings. The summed E-state index contributed by atoms with van der Waals surface area (Å²) in [7, 11) is 0. The quantitative estimate of drug-likeness (QED) is 0.866. The van der Waals surface area contributed by atoms with E-state index in [2.05, 4.69) is 11.4 Å². The molecule has 0 saturated carbocycles. The molecule has 0 heterocycles. The van der Waals surface area contributed by atoms with E-state index in [9.17, 15) is 4.79 Å². The minimum absolute atomic E-state index is 0.0360. The highest BCUT2D eigenvalue weighted by molar-refractivity contribution is 6.30. The normalized spacial score (nSPS) is 13.7. The average molecular weight is 286 g/mol. The van der Waals surface area contributed by atoms with E-state index in [1.54, 1.807) is 12.1 Å². The van der Waals surface area contributed by atoms with E-state index >= 15 is 0 Å². The van der Waals surface area contributed by atoms with Gasteiger partial charge in [0, 0.05) is 16.3 Å². The topological polar surface area (TPSA) is 29.1 Å². The summed E-state index contributed by atoms with van der Waals surface area (Å²) in [6, 6.07) is 13.2. The van der Waals surface area contributed by atoms with Gasteiger partial charge in [0.1, 0.15) is 0 Å². The van der Waals surface area contributed by atoms with Crippen LogP contribution in [0, 0.1) is 0 Å². The number of carbonyl (C=O) groups is 1. The van der Waals surface area contributed by atoms with E-state index in [-0.39, 0.29) is 5.91 Å². The largest absolute Gasteiger partial charge is 0.322 e. The maximum Gasteiger partial charge on any atom is 0.255 e. The number of anilines is 1. The van der Waals surface area contributed by atoms with Crippen LogP contribution in [0.25, 0.3) is 0 Å². The van der Waals surface area contributed by atoms with E-state index < -0.39 is 0 Å². The molecular formula is C17H16ClNO. The standard InChI is InChI=1S/C17H16ClNO/c18-13-8-10-14(11-9-13)19-17(20)16-7-3-5-12-4-1-2-6-15(12)16/h3,5,7-11H,1-2,4,6H2,(H,19,20). The molecular weight excluding hydrogens is 270 g/mol. The zero-order valence-corrected chi connectivity index (χ0v) is 11.9. The number of halogens is 1. The summed E-state index contributed by atoms with van der Waals surface area (Å²) >= 11 is 5.85. The number of aryl methyl sites for hydroxylation is 1. The molecule has 2 nitrogen and oxygen atoms in total. The molecule has 1 amide bonds. The molecule has 0 atom stereocenters. The van der Waals surface area contributed by atoms with E-state index in [4.69, 9.17) is 11.6 Å². The Morgan fingerprint density at radius 1 is 1.00 bits per heavy atom. The Morgan fingerprint density at radius 2 is 1.75 bits per heavy atom. The third-order valence-corrected chi connectivity index (χ3v) is 3.99. The number of hydrogen-bond donors (Lipinski definition) is 1. The first-order chi connectivity index (χ1) is 9.74. The van der Waals surface area contributed by atoms with E-state index in [1.165, 1.54) is 17.5 Å². The molecule has 0 radical (unpaired) electrons. The van der Waals surface area contributed by atoms with Gasteiger partial charge in [-0.15, -0.1) is 0 Å². The molecule has 0 aliphatic heterocycles. The number of hydrogen-bond acceptors (Lipinski definition) is 1. The summed E-state index contributed by atoms with van der Waals surface area (Å²) in [4.78, 5) is 12.4. The molecule has 0 bridgehead atoms. The molecule has 1 aliphatic carbocycles. The van der Waals surface area contributed by atoms with Crippen LogP contribution >= 0.6 is 11.6 Å². The smallest absolute Gasteiger partial charge is 0.255 e. The van der Waals surface area contributed by atoms with Gasteiger partial charge in [-0.2, -0.15) is 0 Å². The molecule has 102 valence electrons. The zero-order valence-electron chi connectivity index (χ0n) is 11.2. The minimum Gasteiger partial charge on any atom is -0.322 e. The minimum atomic E-state index is -0.0360. The Labute approximate surface area is 123 Å². The highest BCUT2D eigenvalue weighted by Gasteiger charge is 2.17. The van der Waals surface area contributed by atoms with Crippen molar-refractivity contribution in [1.29, 1.82) is 0 Å². The van der Waals surface area contributed by atoms with Gasteiger partial charge in [-0.1, -0.05) is 23.7 Å². The predicted molar refractivity (Wildman–Crippen MR) is 82.5 cm³/mol. The third kappa shape index (κ3) is 2.70. The van der Waals surface area contributed by atoms with E-state index in [1.807, 2.05) is 24.3 Å².